The Morgan fingerprint density at radius 1 is 1.19 bits per heavy atom. The van der Waals surface area contributed by atoms with Gasteiger partial charge in [-0.1, -0.05) is 35.5 Å². The molecule has 0 aliphatic carbocycles. The molecule has 4 rings (SSSR count). The van der Waals surface area contributed by atoms with E-state index in [9.17, 15) is 9.18 Å². The average molecular weight is 434 g/mol. The second-order valence-electron chi connectivity index (χ2n) is 7.36. The monoisotopic (exact) mass is 434 g/mol. The molecule has 1 amide bonds. The van der Waals surface area contributed by atoms with E-state index in [1.165, 1.54) is 6.07 Å². The number of rotatable bonds is 9. The van der Waals surface area contributed by atoms with Crippen molar-refractivity contribution in [3.63, 3.8) is 0 Å². The predicted octanol–water partition coefficient (Wildman–Crippen LogP) is 4.25. The van der Waals surface area contributed by atoms with Crippen molar-refractivity contribution in [3.05, 3.63) is 72.0 Å². The molecule has 0 aliphatic heterocycles. The van der Waals surface area contributed by atoms with Crippen LogP contribution < -0.4 is 10.1 Å². The van der Waals surface area contributed by atoms with Crippen molar-refractivity contribution >= 4 is 16.8 Å². The van der Waals surface area contributed by atoms with Crippen molar-refractivity contribution in [2.45, 2.75) is 26.2 Å². The largest absolute Gasteiger partial charge is 0.491 e. The van der Waals surface area contributed by atoms with Crippen LogP contribution in [0.3, 0.4) is 0 Å². The van der Waals surface area contributed by atoms with Crippen molar-refractivity contribution in [1.29, 1.82) is 0 Å². The Kier molecular flexibility index (Phi) is 6.69. The molecule has 0 bridgehead atoms. The maximum absolute atomic E-state index is 13.7. The lowest BCUT2D eigenvalue weighted by Crippen LogP contribution is -2.25. The SMILES string of the molecule is Cc1ccc(-c2noc(CCC(=O)NCCCOc3cccc4cccnc34)n2)cc1F. The highest BCUT2D eigenvalue weighted by molar-refractivity contribution is 5.84. The van der Waals surface area contributed by atoms with E-state index in [0.717, 1.165) is 16.7 Å². The highest BCUT2D eigenvalue weighted by atomic mass is 19.1. The van der Waals surface area contributed by atoms with Gasteiger partial charge >= 0.3 is 0 Å². The van der Waals surface area contributed by atoms with Gasteiger partial charge in [0.15, 0.2) is 0 Å². The molecule has 2 aromatic heterocycles. The fourth-order valence-corrected chi connectivity index (χ4v) is 3.19. The summed E-state index contributed by atoms with van der Waals surface area (Å²) in [5.41, 5.74) is 1.91. The number of fused-ring (bicyclic) bond motifs is 1. The van der Waals surface area contributed by atoms with Crippen LogP contribution >= 0.6 is 0 Å². The topological polar surface area (TPSA) is 90.1 Å². The number of aromatic nitrogens is 3. The molecule has 0 saturated heterocycles. The van der Waals surface area contributed by atoms with Gasteiger partial charge in [-0.25, -0.2) is 4.39 Å². The van der Waals surface area contributed by atoms with Gasteiger partial charge in [-0.3, -0.25) is 9.78 Å². The van der Waals surface area contributed by atoms with Crippen molar-refractivity contribution < 1.29 is 18.4 Å². The summed E-state index contributed by atoms with van der Waals surface area (Å²) < 4.78 is 24.7. The zero-order valence-electron chi connectivity index (χ0n) is 17.7. The number of ether oxygens (including phenoxy) is 1. The lowest BCUT2D eigenvalue weighted by atomic mass is 10.1. The molecule has 0 atom stereocenters. The van der Waals surface area contributed by atoms with E-state index >= 15 is 0 Å². The summed E-state index contributed by atoms with van der Waals surface area (Å²) in [5, 5.41) is 7.74. The van der Waals surface area contributed by atoms with Gasteiger partial charge in [-0.15, -0.1) is 0 Å². The zero-order chi connectivity index (χ0) is 22.3. The van der Waals surface area contributed by atoms with Crippen LogP contribution in [0.1, 0.15) is 24.3 Å². The molecule has 4 aromatic rings. The quantitative estimate of drug-likeness (QED) is 0.396. The van der Waals surface area contributed by atoms with E-state index in [0.29, 0.717) is 48.8 Å². The first-order chi connectivity index (χ1) is 15.6. The lowest BCUT2D eigenvalue weighted by Gasteiger charge is -2.09. The molecule has 0 aliphatic rings. The van der Waals surface area contributed by atoms with E-state index in [-0.39, 0.29) is 18.1 Å². The Balaban J connectivity index is 1.18. The van der Waals surface area contributed by atoms with E-state index in [4.69, 9.17) is 9.26 Å². The van der Waals surface area contributed by atoms with Gasteiger partial charge in [0.2, 0.25) is 17.6 Å². The molecule has 0 saturated carbocycles. The van der Waals surface area contributed by atoms with Gasteiger partial charge in [0.05, 0.1) is 6.61 Å². The number of carbonyl (C=O) groups is 1. The molecule has 0 unspecified atom stereocenters. The maximum Gasteiger partial charge on any atom is 0.227 e. The van der Waals surface area contributed by atoms with Crippen LogP contribution in [-0.4, -0.2) is 34.2 Å². The van der Waals surface area contributed by atoms with E-state index < -0.39 is 0 Å². The maximum atomic E-state index is 13.7. The van der Waals surface area contributed by atoms with E-state index in [2.05, 4.69) is 20.4 Å². The summed E-state index contributed by atoms with van der Waals surface area (Å²) in [7, 11) is 0. The molecular formula is C24H23FN4O3. The van der Waals surface area contributed by atoms with Crippen LogP contribution in [-0.2, 0) is 11.2 Å². The summed E-state index contributed by atoms with van der Waals surface area (Å²) in [6.07, 6.45) is 2.93. The van der Waals surface area contributed by atoms with Crippen molar-refractivity contribution in [2.24, 2.45) is 0 Å². The number of amides is 1. The summed E-state index contributed by atoms with van der Waals surface area (Å²) >= 11 is 0. The summed E-state index contributed by atoms with van der Waals surface area (Å²) in [5.74, 6) is 0.935. The van der Waals surface area contributed by atoms with Crippen LogP contribution in [0.15, 0.2) is 59.3 Å². The summed E-state index contributed by atoms with van der Waals surface area (Å²) in [6.45, 7) is 2.65. The molecule has 7 nitrogen and oxygen atoms in total. The Bertz CT molecular complexity index is 1220. The Morgan fingerprint density at radius 2 is 2.06 bits per heavy atom. The first-order valence-corrected chi connectivity index (χ1v) is 10.4. The molecule has 1 N–H and O–H groups in total. The number of hydrogen-bond acceptors (Lipinski definition) is 6. The predicted molar refractivity (Wildman–Crippen MR) is 118 cm³/mol. The molecule has 164 valence electrons. The van der Waals surface area contributed by atoms with Gasteiger partial charge in [0.1, 0.15) is 17.1 Å². The average Bonchev–Trinajstić information content (AvgIpc) is 3.28. The van der Waals surface area contributed by atoms with Crippen molar-refractivity contribution in [1.82, 2.24) is 20.4 Å². The van der Waals surface area contributed by atoms with E-state index in [1.807, 2.05) is 30.3 Å². The third-order valence-corrected chi connectivity index (χ3v) is 4.96. The number of pyridine rings is 1. The number of para-hydroxylation sites is 1. The third kappa shape index (κ3) is 5.26. The van der Waals surface area contributed by atoms with Gasteiger partial charge in [0, 0.05) is 36.5 Å². The van der Waals surface area contributed by atoms with Crippen molar-refractivity contribution in [3.8, 4) is 17.1 Å². The molecular weight excluding hydrogens is 411 g/mol. The minimum Gasteiger partial charge on any atom is -0.491 e. The highest BCUT2D eigenvalue weighted by Crippen LogP contribution is 2.23. The number of nitrogens with zero attached hydrogens (tertiary/aromatic N) is 3. The number of carbonyl (C=O) groups excluding carboxylic acids is 1. The minimum atomic E-state index is -0.325. The molecule has 2 aromatic carbocycles. The normalized spacial score (nSPS) is 10.9. The number of nitrogens with one attached hydrogen (secondary N) is 1. The Hall–Kier alpha value is -3.81. The fraction of sp³-hybridized carbons (Fsp3) is 0.250. The number of benzene rings is 2. The van der Waals surface area contributed by atoms with Gasteiger partial charge in [-0.2, -0.15) is 4.98 Å². The van der Waals surface area contributed by atoms with Crippen molar-refractivity contribution in [2.75, 3.05) is 13.2 Å². The second-order valence-corrected chi connectivity index (χ2v) is 7.36. The standard InChI is InChI=1S/C24H23FN4O3/c1-16-8-9-18(15-19(16)25)24-28-22(32-29-24)11-10-21(30)26-13-4-14-31-20-7-2-5-17-6-3-12-27-23(17)20/h2-3,5-9,12,15H,4,10-11,13-14H2,1H3,(H,26,30). The first kappa shape index (κ1) is 21.4. The number of halogens is 1. The van der Waals surface area contributed by atoms with Crippen LogP contribution in [0.2, 0.25) is 0 Å². The van der Waals surface area contributed by atoms with Gasteiger partial charge in [-0.05, 0) is 37.1 Å². The van der Waals surface area contributed by atoms with Gasteiger partial charge in [0.25, 0.3) is 0 Å². The van der Waals surface area contributed by atoms with Crippen LogP contribution in [0.5, 0.6) is 5.75 Å². The van der Waals surface area contributed by atoms with Crippen LogP contribution in [0.25, 0.3) is 22.3 Å². The minimum absolute atomic E-state index is 0.113. The highest BCUT2D eigenvalue weighted by Gasteiger charge is 2.12. The Morgan fingerprint density at radius 3 is 2.94 bits per heavy atom. The summed E-state index contributed by atoms with van der Waals surface area (Å²) in [6, 6.07) is 14.4. The zero-order valence-corrected chi connectivity index (χ0v) is 17.7. The van der Waals surface area contributed by atoms with E-state index in [1.54, 1.807) is 25.3 Å². The molecule has 0 radical (unpaired) electrons. The number of hydrogen-bond donors (Lipinski definition) is 1. The Labute approximate surface area is 184 Å². The summed E-state index contributed by atoms with van der Waals surface area (Å²) in [4.78, 5) is 20.7. The third-order valence-electron chi connectivity index (χ3n) is 4.96. The molecule has 0 spiro atoms. The fourth-order valence-electron chi connectivity index (χ4n) is 3.19. The van der Waals surface area contributed by atoms with Crippen LogP contribution in [0, 0.1) is 12.7 Å². The molecule has 0 fully saturated rings. The molecule has 8 heteroatoms. The lowest BCUT2D eigenvalue weighted by molar-refractivity contribution is -0.121. The molecule has 2 heterocycles. The van der Waals surface area contributed by atoms with Crippen LogP contribution in [0.4, 0.5) is 4.39 Å². The number of aryl methyl sites for hydroxylation is 2. The first-order valence-electron chi connectivity index (χ1n) is 10.4. The second kappa shape index (κ2) is 10.00. The van der Waals surface area contributed by atoms with Gasteiger partial charge < -0.3 is 14.6 Å². The smallest absolute Gasteiger partial charge is 0.227 e. The molecule has 32 heavy (non-hydrogen) atoms.